The normalized spacial score (nSPS) is 22.9. The van der Waals surface area contributed by atoms with Crippen molar-refractivity contribution in [2.45, 2.75) is 32.1 Å². The third-order valence-electron chi connectivity index (χ3n) is 4.21. The molecule has 2 rings (SSSR count). The fourth-order valence-corrected chi connectivity index (χ4v) is 3.00. The summed E-state index contributed by atoms with van der Waals surface area (Å²) in [5, 5.41) is 0. The van der Waals surface area contributed by atoms with E-state index >= 15 is 0 Å². The molecule has 2 heteroatoms. The number of hydrogen-bond donors (Lipinski definition) is 1. The Morgan fingerprint density at radius 1 is 1.33 bits per heavy atom. The first-order chi connectivity index (χ1) is 8.83. The van der Waals surface area contributed by atoms with Crippen LogP contribution in [-0.2, 0) is 0 Å². The molecule has 2 nitrogen and oxygen atoms in total. The largest absolute Gasteiger partial charge is 0.330 e. The molecular weight excluding hydrogens is 220 g/mol. The van der Waals surface area contributed by atoms with Crippen molar-refractivity contribution in [3.63, 3.8) is 0 Å². The lowest BCUT2D eigenvalue weighted by atomic mass is 9.93. The standard InChI is InChI=1S/C16H26N2/c1-2-14-7-6-10-18(12-14)13-16(11-17)15-8-4-3-5-9-15/h3-5,8-9,14,16H,2,6-7,10-13,17H2,1H3. The molecule has 18 heavy (non-hydrogen) atoms. The molecule has 1 aliphatic rings. The van der Waals surface area contributed by atoms with Crippen molar-refractivity contribution >= 4 is 0 Å². The lowest BCUT2D eigenvalue weighted by Crippen LogP contribution is -2.39. The van der Waals surface area contributed by atoms with Crippen molar-refractivity contribution in [1.29, 1.82) is 0 Å². The van der Waals surface area contributed by atoms with Crippen LogP contribution >= 0.6 is 0 Å². The van der Waals surface area contributed by atoms with Crippen molar-refractivity contribution in [2.75, 3.05) is 26.2 Å². The summed E-state index contributed by atoms with van der Waals surface area (Å²) in [6.45, 7) is 6.69. The summed E-state index contributed by atoms with van der Waals surface area (Å²) in [5.74, 6) is 1.38. The van der Waals surface area contributed by atoms with E-state index in [1.165, 1.54) is 37.9 Å². The molecule has 100 valence electrons. The van der Waals surface area contributed by atoms with Gasteiger partial charge in [-0.15, -0.1) is 0 Å². The van der Waals surface area contributed by atoms with Crippen LogP contribution in [0.5, 0.6) is 0 Å². The molecule has 1 aromatic carbocycles. The second-order valence-electron chi connectivity index (χ2n) is 5.52. The summed E-state index contributed by atoms with van der Waals surface area (Å²) in [5.41, 5.74) is 7.35. The first-order valence-electron chi connectivity index (χ1n) is 7.30. The molecule has 0 radical (unpaired) electrons. The Bertz CT molecular complexity index is 336. The van der Waals surface area contributed by atoms with Crippen LogP contribution in [0.4, 0.5) is 0 Å². The maximum Gasteiger partial charge on any atom is 0.00888 e. The molecule has 0 saturated carbocycles. The van der Waals surface area contributed by atoms with Crippen LogP contribution < -0.4 is 5.73 Å². The molecule has 2 unspecified atom stereocenters. The summed E-state index contributed by atoms with van der Waals surface area (Å²) >= 11 is 0. The van der Waals surface area contributed by atoms with Crippen molar-refractivity contribution in [3.05, 3.63) is 35.9 Å². The molecule has 2 N–H and O–H groups in total. The van der Waals surface area contributed by atoms with Crippen molar-refractivity contribution in [3.8, 4) is 0 Å². The number of nitrogens with two attached hydrogens (primary N) is 1. The fraction of sp³-hybridized carbons (Fsp3) is 0.625. The predicted molar refractivity (Wildman–Crippen MR) is 77.7 cm³/mol. The number of hydrogen-bond acceptors (Lipinski definition) is 2. The van der Waals surface area contributed by atoms with Crippen LogP contribution in [-0.4, -0.2) is 31.1 Å². The van der Waals surface area contributed by atoms with Crippen molar-refractivity contribution in [2.24, 2.45) is 11.7 Å². The van der Waals surface area contributed by atoms with E-state index in [4.69, 9.17) is 5.73 Å². The van der Waals surface area contributed by atoms with E-state index < -0.39 is 0 Å². The molecule has 0 bridgehead atoms. The lowest BCUT2D eigenvalue weighted by Gasteiger charge is -2.34. The zero-order valence-electron chi connectivity index (χ0n) is 11.5. The molecule has 2 atom stereocenters. The first kappa shape index (κ1) is 13.6. The Morgan fingerprint density at radius 2 is 2.11 bits per heavy atom. The van der Waals surface area contributed by atoms with Crippen LogP contribution in [0.1, 0.15) is 37.7 Å². The van der Waals surface area contributed by atoms with Gasteiger partial charge in [0.15, 0.2) is 0 Å². The molecule has 1 fully saturated rings. The number of rotatable bonds is 5. The highest BCUT2D eigenvalue weighted by Crippen LogP contribution is 2.22. The minimum absolute atomic E-state index is 0.488. The quantitative estimate of drug-likeness (QED) is 0.865. The van der Waals surface area contributed by atoms with E-state index in [1.54, 1.807) is 0 Å². The van der Waals surface area contributed by atoms with Crippen LogP contribution in [0.25, 0.3) is 0 Å². The van der Waals surface area contributed by atoms with Crippen LogP contribution in [0, 0.1) is 5.92 Å². The molecule has 0 spiro atoms. The maximum atomic E-state index is 5.96. The molecule has 1 aromatic rings. The van der Waals surface area contributed by atoms with Gasteiger partial charge in [0.2, 0.25) is 0 Å². The summed E-state index contributed by atoms with van der Waals surface area (Å²) in [4.78, 5) is 2.61. The van der Waals surface area contributed by atoms with E-state index in [9.17, 15) is 0 Å². The Morgan fingerprint density at radius 3 is 2.78 bits per heavy atom. The molecule has 1 heterocycles. The van der Waals surface area contributed by atoms with Crippen LogP contribution in [0.2, 0.25) is 0 Å². The Balaban J connectivity index is 1.94. The lowest BCUT2D eigenvalue weighted by molar-refractivity contribution is 0.163. The summed E-state index contributed by atoms with van der Waals surface area (Å²) in [6.07, 6.45) is 4.07. The number of benzene rings is 1. The molecule has 1 saturated heterocycles. The number of likely N-dealkylation sites (tertiary alicyclic amines) is 1. The molecule has 1 aliphatic heterocycles. The van der Waals surface area contributed by atoms with Gasteiger partial charge in [0.25, 0.3) is 0 Å². The third-order valence-corrected chi connectivity index (χ3v) is 4.21. The Hall–Kier alpha value is -0.860. The average Bonchev–Trinajstić information content (AvgIpc) is 2.46. The van der Waals surface area contributed by atoms with Crippen LogP contribution in [0.15, 0.2) is 30.3 Å². The fourth-order valence-electron chi connectivity index (χ4n) is 3.00. The molecule has 0 aliphatic carbocycles. The van der Waals surface area contributed by atoms with Gasteiger partial charge in [-0.05, 0) is 30.9 Å². The summed E-state index contributed by atoms with van der Waals surface area (Å²) < 4.78 is 0. The number of piperidine rings is 1. The Labute approximate surface area is 111 Å². The van der Waals surface area contributed by atoms with Gasteiger partial charge < -0.3 is 10.6 Å². The minimum Gasteiger partial charge on any atom is -0.330 e. The molecule has 0 amide bonds. The zero-order valence-corrected chi connectivity index (χ0v) is 11.5. The van der Waals surface area contributed by atoms with Gasteiger partial charge in [0, 0.05) is 25.6 Å². The highest BCUT2D eigenvalue weighted by atomic mass is 15.1. The van der Waals surface area contributed by atoms with Crippen molar-refractivity contribution in [1.82, 2.24) is 4.90 Å². The van der Waals surface area contributed by atoms with Gasteiger partial charge in [-0.3, -0.25) is 0 Å². The second-order valence-corrected chi connectivity index (χ2v) is 5.52. The highest BCUT2D eigenvalue weighted by Gasteiger charge is 2.21. The monoisotopic (exact) mass is 246 g/mol. The molecular formula is C16H26N2. The van der Waals surface area contributed by atoms with Crippen molar-refractivity contribution < 1.29 is 0 Å². The topological polar surface area (TPSA) is 29.3 Å². The smallest absolute Gasteiger partial charge is 0.00888 e. The van der Waals surface area contributed by atoms with Crippen LogP contribution in [0.3, 0.4) is 0 Å². The number of nitrogens with zero attached hydrogens (tertiary/aromatic N) is 1. The van der Waals surface area contributed by atoms with Gasteiger partial charge in [-0.1, -0.05) is 43.7 Å². The SMILES string of the molecule is CCC1CCCN(CC(CN)c2ccccc2)C1. The van der Waals surface area contributed by atoms with Gasteiger partial charge in [0.1, 0.15) is 0 Å². The van der Waals surface area contributed by atoms with E-state index in [2.05, 4.69) is 42.2 Å². The van der Waals surface area contributed by atoms with Gasteiger partial charge in [-0.25, -0.2) is 0 Å². The van der Waals surface area contributed by atoms with Gasteiger partial charge >= 0.3 is 0 Å². The molecule has 0 aromatic heterocycles. The van der Waals surface area contributed by atoms with E-state index in [0.29, 0.717) is 5.92 Å². The predicted octanol–water partition coefficient (Wildman–Crippen LogP) is 2.85. The maximum absolute atomic E-state index is 5.96. The third kappa shape index (κ3) is 3.56. The van der Waals surface area contributed by atoms with E-state index in [0.717, 1.165) is 19.0 Å². The van der Waals surface area contributed by atoms with E-state index in [1.807, 2.05) is 0 Å². The second kappa shape index (κ2) is 6.91. The highest BCUT2D eigenvalue weighted by molar-refractivity contribution is 5.20. The van der Waals surface area contributed by atoms with E-state index in [-0.39, 0.29) is 0 Å². The van der Waals surface area contributed by atoms with Gasteiger partial charge in [0.05, 0.1) is 0 Å². The zero-order chi connectivity index (χ0) is 12.8. The average molecular weight is 246 g/mol. The summed E-state index contributed by atoms with van der Waals surface area (Å²) in [7, 11) is 0. The minimum atomic E-state index is 0.488. The Kier molecular flexibility index (Phi) is 5.21. The first-order valence-corrected chi connectivity index (χ1v) is 7.30. The summed E-state index contributed by atoms with van der Waals surface area (Å²) in [6, 6.07) is 10.7. The van der Waals surface area contributed by atoms with Gasteiger partial charge in [-0.2, -0.15) is 0 Å².